The summed E-state index contributed by atoms with van der Waals surface area (Å²) in [5.74, 6) is -1.42. The van der Waals surface area contributed by atoms with Crippen molar-refractivity contribution in [1.82, 2.24) is 5.06 Å². The van der Waals surface area contributed by atoms with Crippen molar-refractivity contribution in [3.8, 4) is 18.2 Å². The molecule has 5 heteroatoms. The molecule has 0 aliphatic carbocycles. The van der Waals surface area contributed by atoms with Crippen molar-refractivity contribution < 1.29 is 0 Å². The monoisotopic (exact) mass is 203 g/mol. The zero-order valence-corrected chi connectivity index (χ0v) is 8.58. The number of rotatable bonds is 0. The van der Waals surface area contributed by atoms with Crippen molar-refractivity contribution in [2.75, 3.05) is 0 Å². The van der Waals surface area contributed by atoms with Gasteiger partial charge >= 0.3 is 0 Å². The first-order valence-electron chi connectivity index (χ1n) is 4.72. The second-order valence-corrected chi connectivity index (χ2v) is 3.84. The molecule has 78 valence electrons. The van der Waals surface area contributed by atoms with Gasteiger partial charge in [0.05, 0.1) is 30.0 Å². The van der Waals surface area contributed by atoms with Gasteiger partial charge in [-0.25, -0.2) is 0 Å². The highest BCUT2D eigenvalue weighted by molar-refractivity contribution is 5.15. The van der Waals surface area contributed by atoms with E-state index in [0.717, 1.165) is 0 Å². The van der Waals surface area contributed by atoms with E-state index in [-0.39, 0.29) is 5.92 Å². The quantitative estimate of drug-likeness (QED) is 0.584. The molecular weight excluding hydrogens is 192 g/mol. The Morgan fingerprint density at radius 2 is 1.53 bits per heavy atom. The van der Waals surface area contributed by atoms with Gasteiger partial charge in [0.2, 0.25) is 0 Å². The Bertz CT molecular complexity index is 361. The maximum absolute atomic E-state index is 11.6. The summed E-state index contributed by atoms with van der Waals surface area (Å²) in [4.78, 5) is 0. The molecule has 0 spiro atoms. The Hall–Kier alpha value is -1.61. The molecule has 1 saturated heterocycles. The number of hydrogen-bond acceptors (Lipinski definition) is 5. The molecule has 0 N–H and O–H groups in total. The topological polar surface area (TPSA) is 97.7 Å². The number of nitriles is 3. The summed E-state index contributed by atoms with van der Waals surface area (Å²) < 4.78 is 0. The Labute approximate surface area is 88.7 Å². The van der Waals surface area contributed by atoms with Crippen LogP contribution >= 0.6 is 0 Å². The van der Waals surface area contributed by atoms with Gasteiger partial charge in [0.1, 0.15) is 6.04 Å². The van der Waals surface area contributed by atoms with Crippen LogP contribution in [0, 0.1) is 57.0 Å². The molecule has 1 aliphatic rings. The summed E-state index contributed by atoms with van der Waals surface area (Å²) in [6, 6.07) is 4.35. The highest BCUT2D eigenvalue weighted by Crippen LogP contribution is 2.35. The summed E-state index contributed by atoms with van der Waals surface area (Å²) in [6.07, 6.45) is 0. The van der Waals surface area contributed by atoms with Gasteiger partial charge in [-0.3, -0.25) is 0 Å². The van der Waals surface area contributed by atoms with Gasteiger partial charge in [-0.05, 0) is 12.8 Å². The minimum absolute atomic E-state index is 0.246. The molecule has 15 heavy (non-hydrogen) atoms. The molecule has 1 aliphatic heterocycles. The van der Waals surface area contributed by atoms with Gasteiger partial charge in [0.25, 0.3) is 0 Å². The molecule has 1 rings (SSSR count). The van der Waals surface area contributed by atoms with Crippen molar-refractivity contribution in [1.29, 1.82) is 15.8 Å². The average Bonchev–Trinajstić information content (AvgIpc) is 2.23. The van der Waals surface area contributed by atoms with Crippen LogP contribution in [0.25, 0.3) is 0 Å². The first kappa shape index (κ1) is 11.5. The molecule has 0 aromatic rings. The number of hydroxylamine groups is 2. The third kappa shape index (κ3) is 1.66. The van der Waals surface area contributed by atoms with Crippen LogP contribution in [0.1, 0.15) is 13.8 Å². The summed E-state index contributed by atoms with van der Waals surface area (Å²) in [7, 11) is 0. The fraction of sp³-hybridized carbons (Fsp3) is 0.700. The first-order chi connectivity index (χ1) is 7.08. The zero-order chi connectivity index (χ0) is 11.6. The van der Waals surface area contributed by atoms with Crippen molar-refractivity contribution in [2.24, 2.45) is 17.8 Å². The van der Waals surface area contributed by atoms with Crippen molar-refractivity contribution in [3.63, 3.8) is 0 Å². The normalized spacial score (nSPS) is 41.2. The minimum Gasteiger partial charge on any atom is -0.784 e. The second kappa shape index (κ2) is 4.28. The molecule has 5 nitrogen and oxygen atoms in total. The number of piperidine rings is 1. The minimum atomic E-state index is -0.954. The third-order valence-corrected chi connectivity index (χ3v) is 3.10. The van der Waals surface area contributed by atoms with Gasteiger partial charge in [-0.1, -0.05) is 6.92 Å². The van der Waals surface area contributed by atoms with E-state index in [1.165, 1.54) is 0 Å². The Kier molecular flexibility index (Phi) is 3.27. The lowest BCUT2D eigenvalue weighted by Gasteiger charge is -2.49. The molecule has 0 saturated carbocycles. The molecular formula is C10H11N4O-. The van der Waals surface area contributed by atoms with Crippen LogP contribution in [-0.4, -0.2) is 17.1 Å². The Morgan fingerprint density at radius 3 is 1.93 bits per heavy atom. The van der Waals surface area contributed by atoms with Gasteiger partial charge < -0.3 is 10.3 Å². The lowest BCUT2D eigenvalue weighted by Crippen LogP contribution is -2.53. The maximum Gasteiger partial charge on any atom is 0.103 e. The van der Waals surface area contributed by atoms with E-state index in [4.69, 9.17) is 15.8 Å². The highest BCUT2D eigenvalue weighted by atomic mass is 16.5. The predicted octanol–water partition coefficient (Wildman–Crippen LogP) is 0.996. The molecule has 1 heterocycles. The standard InChI is InChI=1S/C10H11N4O/c1-6-8(3-11)7(2)14(15)10(5-13)9(6)4-12/h6-10H,1-2H3/q-1. The van der Waals surface area contributed by atoms with Crippen LogP contribution in [0.5, 0.6) is 0 Å². The lowest BCUT2D eigenvalue weighted by atomic mass is 9.73. The van der Waals surface area contributed by atoms with E-state index in [9.17, 15) is 5.21 Å². The van der Waals surface area contributed by atoms with Crippen LogP contribution in [0.3, 0.4) is 0 Å². The van der Waals surface area contributed by atoms with E-state index < -0.39 is 23.9 Å². The molecule has 0 aromatic carbocycles. The SMILES string of the molecule is CC1C(C#N)C(C)N([O-])C(C#N)C1C#N. The second-order valence-electron chi connectivity index (χ2n) is 3.84. The van der Waals surface area contributed by atoms with E-state index >= 15 is 0 Å². The fourth-order valence-electron chi connectivity index (χ4n) is 2.07. The lowest BCUT2D eigenvalue weighted by molar-refractivity contribution is 0.0737. The summed E-state index contributed by atoms with van der Waals surface area (Å²) >= 11 is 0. The molecule has 1 fully saturated rings. The van der Waals surface area contributed by atoms with Crippen LogP contribution in [0.4, 0.5) is 0 Å². The molecule has 0 bridgehead atoms. The van der Waals surface area contributed by atoms with E-state index in [2.05, 4.69) is 0 Å². The molecule has 5 unspecified atom stereocenters. The third-order valence-electron chi connectivity index (χ3n) is 3.10. The van der Waals surface area contributed by atoms with Crippen molar-refractivity contribution in [3.05, 3.63) is 5.21 Å². The van der Waals surface area contributed by atoms with Crippen molar-refractivity contribution in [2.45, 2.75) is 25.9 Å². The molecule has 0 amide bonds. The van der Waals surface area contributed by atoms with Crippen LogP contribution in [-0.2, 0) is 0 Å². The van der Waals surface area contributed by atoms with E-state index in [1.54, 1.807) is 13.8 Å². The van der Waals surface area contributed by atoms with Crippen LogP contribution in [0.2, 0.25) is 0 Å². The van der Waals surface area contributed by atoms with E-state index in [1.807, 2.05) is 18.2 Å². The average molecular weight is 203 g/mol. The highest BCUT2D eigenvalue weighted by Gasteiger charge is 2.42. The summed E-state index contributed by atoms with van der Waals surface area (Å²) in [5.41, 5.74) is 0. The van der Waals surface area contributed by atoms with Crippen molar-refractivity contribution >= 4 is 0 Å². The summed E-state index contributed by atoms with van der Waals surface area (Å²) in [5, 5.41) is 38.9. The maximum atomic E-state index is 11.6. The summed E-state index contributed by atoms with van der Waals surface area (Å²) in [6.45, 7) is 3.37. The Morgan fingerprint density at radius 1 is 1.00 bits per heavy atom. The largest absolute Gasteiger partial charge is 0.784 e. The first-order valence-corrected chi connectivity index (χ1v) is 4.72. The molecule has 0 radical (unpaired) electrons. The predicted molar refractivity (Wildman–Crippen MR) is 51.4 cm³/mol. The van der Waals surface area contributed by atoms with E-state index in [0.29, 0.717) is 5.06 Å². The smallest absolute Gasteiger partial charge is 0.103 e. The van der Waals surface area contributed by atoms with Crippen LogP contribution < -0.4 is 0 Å². The van der Waals surface area contributed by atoms with Gasteiger partial charge in [-0.15, -0.1) is 0 Å². The number of nitrogens with zero attached hydrogens (tertiary/aromatic N) is 4. The van der Waals surface area contributed by atoms with Gasteiger partial charge in [0.15, 0.2) is 0 Å². The fourth-order valence-corrected chi connectivity index (χ4v) is 2.07. The Balaban J connectivity index is 3.07. The zero-order valence-electron chi connectivity index (χ0n) is 8.58. The van der Waals surface area contributed by atoms with Crippen LogP contribution in [0.15, 0.2) is 0 Å². The molecule has 0 aromatic heterocycles. The van der Waals surface area contributed by atoms with Gasteiger partial charge in [-0.2, -0.15) is 15.8 Å². The number of hydrogen-bond donors (Lipinski definition) is 0. The molecule has 5 atom stereocenters. The van der Waals surface area contributed by atoms with Gasteiger partial charge in [0, 0.05) is 6.04 Å².